The second kappa shape index (κ2) is 4.34. The number of ether oxygens (including phenoxy) is 1. The molecule has 1 aromatic heterocycles. The van der Waals surface area contributed by atoms with Crippen molar-refractivity contribution in [3.8, 4) is 0 Å². The van der Waals surface area contributed by atoms with E-state index in [-0.39, 0.29) is 0 Å². The van der Waals surface area contributed by atoms with Gasteiger partial charge in [-0.2, -0.15) is 13.2 Å². The second-order valence-corrected chi connectivity index (χ2v) is 6.83. The highest BCUT2D eigenvalue weighted by molar-refractivity contribution is 7.13. The molecule has 1 saturated heterocycles. The van der Waals surface area contributed by atoms with Gasteiger partial charge in [0, 0.05) is 18.5 Å². The maximum absolute atomic E-state index is 12.6. The maximum atomic E-state index is 12.6. The first-order chi connectivity index (χ1) is 8.49. The van der Waals surface area contributed by atoms with Gasteiger partial charge in [0.15, 0.2) is 10.8 Å². The van der Waals surface area contributed by atoms with Gasteiger partial charge in [-0.25, -0.2) is 4.98 Å². The highest BCUT2D eigenvalue weighted by Gasteiger charge is 2.40. The van der Waals surface area contributed by atoms with Crippen LogP contribution in [-0.4, -0.2) is 29.3 Å². The van der Waals surface area contributed by atoms with Crippen LogP contribution in [0.1, 0.15) is 33.4 Å². The van der Waals surface area contributed by atoms with Crippen molar-refractivity contribution >= 4 is 16.5 Å². The van der Waals surface area contributed by atoms with Crippen molar-refractivity contribution < 1.29 is 17.9 Å². The van der Waals surface area contributed by atoms with Gasteiger partial charge in [0.1, 0.15) is 0 Å². The molecule has 1 aliphatic rings. The van der Waals surface area contributed by atoms with Gasteiger partial charge in [-0.05, 0) is 27.7 Å². The minimum absolute atomic E-state index is 0.400. The van der Waals surface area contributed by atoms with Gasteiger partial charge in [-0.3, -0.25) is 0 Å². The predicted molar refractivity (Wildman–Crippen MR) is 68.6 cm³/mol. The van der Waals surface area contributed by atoms with E-state index in [4.69, 9.17) is 4.74 Å². The van der Waals surface area contributed by atoms with Crippen molar-refractivity contribution in [3.05, 3.63) is 11.1 Å². The highest BCUT2D eigenvalue weighted by atomic mass is 32.1. The smallest absolute Gasteiger partial charge is 0.366 e. The van der Waals surface area contributed by atoms with Crippen molar-refractivity contribution in [2.24, 2.45) is 0 Å². The van der Waals surface area contributed by atoms with E-state index in [0.717, 1.165) is 16.7 Å². The number of thiazole rings is 1. The molecule has 0 saturated carbocycles. The van der Waals surface area contributed by atoms with Crippen LogP contribution in [0.3, 0.4) is 0 Å². The molecule has 0 aliphatic carbocycles. The van der Waals surface area contributed by atoms with Crippen LogP contribution in [0.25, 0.3) is 0 Å². The normalized spacial score (nSPS) is 22.6. The van der Waals surface area contributed by atoms with Crippen LogP contribution in [0, 0.1) is 0 Å². The molecule has 108 valence electrons. The van der Waals surface area contributed by atoms with Crippen LogP contribution in [0.15, 0.2) is 5.38 Å². The standard InChI is InChI=1S/C12H17F3N2OS/c1-10(2)6-17(7-11(3,4)18-10)9-16-8(5-19-9)12(13,14)15/h5H,6-7H2,1-4H3. The summed E-state index contributed by atoms with van der Waals surface area (Å²) in [5.74, 6) is 0. The van der Waals surface area contributed by atoms with Gasteiger partial charge in [0.2, 0.25) is 0 Å². The van der Waals surface area contributed by atoms with Gasteiger partial charge in [-0.1, -0.05) is 0 Å². The minimum atomic E-state index is -4.38. The summed E-state index contributed by atoms with van der Waals surface area (Å²) in [6.45, 7) is 8.78. The molecule has 3 nitrogen and oxygen atoms in total. The molecule has 1 aliphatic heterocycles. The van der Waals surface area contributed by atoms with E-state index < -0.39 is 23.1 Å². The van der Waals surface area contributed by atoms with E-state index in [1.165, 1.54) is 0 Å². The number of hydrogen-bond donors (Lipinski definition) is 0. The number of rotatable bonds is 1. The van der Waals surface area contributed by atoms with Gasteiger partial charge in [0.05, 0.1) is 11.2 Å². The first kappa shape index (κ1) is 14.6. The zero-order chi connectivity index (χ0) is 14.5. The molecule has 0 bridgehead atoms. The summed E-state index contributed by atoms with van der Waals surface area (Å²) in [4.78, 5) is 5.56. The lowest BCUT2D eigenvalue weighted by atomic mass is 9.99. The van der Waals surface area contributed by atoms with Gasteiger partial charge < -0.3 is 9.64 Å². The summed E-state index contributed by atoms with van der Waals surface area (Å²) in [5, 5.41) is 1.46. The third-order valence-electron chi connectivity index (χ3n) is 2.75. The first-order valence-corrected chi connectivity index (χ1v) is 6.84. The maximum Gasteiger partial charge on any atom is 0.434 e. The Kier molecular flexibility index (Phi) is 3.33. The molecule has 0 unspecified atom stereocenters. The van der Waals surface area contributed by atoms with Crippen LogP contribution in [0.2, 0.25) is 0 Å². The monoisotopic (exact) mass is 294 g/mol. The Morgan fingerprint density at radius 1 is 1.21 bits per heavy atom. The van der Waals surface area contributed by atoms with Crippen molar-refractivity contribution in [3.63, 3.8) is 0 Å². The molecule has 0 atom stereocenters. The molecular weight excluding hydrogens is 277 g/mol. The van der Waals surface area contributed by atoms with Crippen LogP contribution in [0.4, 0.5) is 18.3 Å². The molecule has 7 heteroatoms. The lowest BCUT2D eigenvalue weighted by molar-refractivity contribution is -0.140. The van der Waals surface area contributed by atoms with E-state index in [2.05, 4.69) is 4.98 Å². The highest BCUT2D eigenvalue weighted by Crippen LogP contribution is 2.36. The average molecular weight is 294 g/mol. The van der Waals surface area contributed by atoms with E-state index in [1.54, 1.807) is 0 Å². The predicted octanol–water partition coefficient (Wildman–Crippen LogP) is 3.56. The fourth-order valence-electron chi connectivity index (χ4n) is 2.46. The molecule has 0 radical (unpaired) electrons. The number of alkyl halides is 3. The molecular formula is C12H17F3N2OS. The summed E-state index contributed by atoms with van der Waals surface area (Å²) in [6.07, 6.45) is -4.38. The lowest BCUT2D eigenvalue weighted by Crippen LogP contribution is -2.57. The molecule has 19 heavy (non-hydrogen) atoms. The van der Waals surface area contributed by atoms with Crippen molar-refractivity contribution in [2.75, 3.05) is 18.0 Å². The number of hydrogen-bond acceptors (Lipinski definition) is 4. The molecule has 2 rings (SSSR count). The topological polar surface area (TPSA) is 25.4 Å². The van der Waals surface area contributed by atoms with Crippen LogP contribution >= 0.6 is 11.3 Å². The Morgan fingerprint density at radius 2 is 1.74 bits per heavy atom. The molecule has 0 amide bonds. The molecule has 1 aromatic rings. The Morgan fingerprint density at radius 3 is 2.16 bits per heavy atom. The molecule has 0 aromatic carbocycles. The van der Waals surface area contributed by atoms with Crippen molar-refractivity contribution in [1.29, 1.82) is 0 Å². The van der Waals surface area contributed by atoms with E-state index in [0.29, 0.717) is 18.2 Å². The number of aromatic nitrogens is 1. The molecule has 0 spiro atoms. The summed E-state index contributed by atoms with van der Waals surface area (Å²) < 4.78 is 43.6. The average Bonchev–Trinajstić information content (AvgIpc) is 2.59. The SMILES string of the molecule is CC1(C)CN(c2nc(C(F)(F)F)cs2)CC(C)(C)O1. The number of morpholine rings is 1. The van der Waals surface area contributed by atoms with Crippen LogP contribution in [0.5, 0.6) is 0 Å². The van der Waals surface area contributed by atoms with Gasteiger partial charge in [-0.15, -0.1) is 11.3 Å². The summed E-state index contributed by atoms with van der Waals surface area (Å²) >= 11 is 1.02. The van der Waals surface area contributed by atoms with Gasteiger partial charge in [0.25, 0.3) is 0 Å². The van der Waals surface area contributed by atoms with Crippen LogP contribution < -0.4 is 4.90 Å². The van der Waals surface area contributed by atoms with Crippen molar-refractivity contribution in [2.45, 2.75) is 45.1 Å². The number of halogens is 3. The third kappa shape index (κ3) is 3.39. The zero-order valence-electron chi connectivity index (χ0n) is 11.3. The van der Waals surface area contributed by atoms with Gasteiger partial charge >= 0.3 is 6.18 Å². The van der Waals surface area contributed by atoms with Crippen molar-refractivity contribution in [1.82, 2.24) is 4.98 Å². The number of anilines is 1. The quantitative estimate of drug-likeness (QED) is 0.792. The lowest BCUT2D eigenvalue weighted by Gasteiger charge is -2.47. The summed E-state index contributed by atoms with van der Waals surface area (Å²) in [5.41, 5.74) is -1.65. The van der Waals surface area contributed by atoms with Crippen LogP contribution in [-0.2, 0) is 10.9 Å². The summed E-state index contributed by atoms with van der Waals surface area (Å²) in [7, 11) is 0. The number of nitrogens with zero attached hydrogens (tertiary/aromatic N) is 2. The Bertz CT molecular complexity index is 452. The molecule has 2 heterocycles. The third-order valence-corrected chi connectivity index (χ3v) is 3.65. The fraction of sp³-hybridized carbons (Fsp3) is 0.750. The zero-order valence-corrected chi connectivity index (χ0v) is 12.2. The van der Waals surface area contributed by atoms with E-state index >= 15 is 0 Å². The fourth-order valence-corrected chi connectivity index (χ4v) is 3.30. The molecule has 0 N–H and O–H groups in total. The Hall–Kier alpha value is -0.820. The molecule has 1 fully saturated rings. The summed E-state index contributed by atoms with van der Waals surface area (Å²) in [6, 6.07) is 0. The van der Waals surface area contributed by atoms with E-state index in [9.17, 15) is 13.2 Å². The Balaban J connectivity index is 2.24. The first-order valence-electron chi connectivity index (χ1n) is 5.96. The largest absolute Gasteiger partial charge is 0.434 e. The van der Waals surface area contributed by atoms with E-state index in [1.807, 2.05) is 32.6 Å². The minimum Gasteiger partial charge on any atom is -0.366 e. The Labute approximate surface area is 114 Å². The second-order valence-electron chi connectivity index (χ2n) is 5.99.